The van der Waals surface area contributed by atoms with E-state index in [4.69, 9.17) is 9.84 Å². The highest BCUT2D eigenvalue weighted by molar-refractivity contribution is 9.10. The smallest absolute Gasteiger partial charge is 0.0698 e. The third-order valence-corrected chi connectivity index (χ3v) is 3.26. The summed E-state index contributed by atoms with van der Waals surface area (Å²) < 4.78 is 6.23. The Morgan fingerprint density at radius 2 is 2.11 bits per heavy atom. The molecule has 0 amide bonds. The first-order valence-corrected chi connectivity index (χ1v) is 6.73. The molecule has 18 heavy (non-hydrogen) atoms. The normalized spacial score (nSPS) is 12.9. The Morgan fingerprint density at radius 1 is 1.33 bits per heavy atom. The van der Waals surface area contributed by atoms with Crippen molar-refractivity contribution >= 4 is 15.9 Å². The molecule has 5 heteroatoms. The fourth-order valence-corrected chi connectivity index (χ4v) is 2.16. The Morgan fingerprint density at radius 3 is 2.72 bits per heavy atom. The standard InChI is InChI=1S/C13H20BrNO3/c1-15(5-7-18-8-6-16)13(10-17)11-3-2-4-12(14)9-11/h2-4,9,13,16-17H,5-8,10H2,1H3. The van der Waals surface area contributed by atoms with Crippen molar-refractivity contribution in [2.75, 3.05) is 40.0 Å². The first-order chi connectivity index (χ1) is 8.69. The van der Waals surface area contributed by atoms with Crippen LogP contribution in [0, 0.1) is 0 Å². The van der Waals surface area contributed by atoms with Crippen molar-refractivity contribution < 1.29 is 14.9 Å². The number of ether oxygens (including phenoxy) is 1. The molecule has 4 nitrogen and oxygen atoms in total. The maximum Gasteiger partial charge on any atom is 0.0698 e. The molecule has 0 saturated carbocycles. The summed E-state index contributed by atoms with van der Waals surface area (Å²) in [6.07, 6.45) is 0. The highest BCUT2D eigenvalue weighted by atomic mass is 79.9. The van der Waals surface area contributed by atoms with E-state index in [1.165, 1.54) is 0 Å². The lowest BCUT2D eigenvalue weighted by Crippen LogP contribution is -2.30. The van der Waals surface area contributed by atoms with Crippen molar-refractivity contribution in [1.29, 1.82) is 0 Å². The van der Waals surface area contributed by atoms with Gasteiger partial charge in [0.05, 0.1) is 32.5 Å². The van der Waals surface area contributed by atoms with Gasteiger partial charge in [-0.2, -0.15) is 0 Å². The molecular weight excluding hydrogens is 298 g/mol. The molecule has 1 rings (SSSR count). The van der Waals surface area contributed by atoms with Gasteiger partial charge in [-0.15, -0.1) is 0 Å². The van der Waals surface area contributed by atoms with Crippen molar-refractivity contribution in [2.24, 2.45) is 0 Å². The second-order valence-corrected chi connectivity index (χ2v) is 4.99. The van der Waals surface area contributed by atoms with Crippen LogP contribution in [0.1, 0.15) is 11.6 Å². The van der Waals surface area contributed by atoms with E-state index < -0.39 is 0 Å². The summed E-state index contributed by atoms with van der Waals surface area (Å²) in [4.78, 5) is 2.04. The van der Waals surface area contributed by atoms with Crippen LogP contribution in [0.5, 0.6) is 0 Å². The predicted octanol–water partition coefficient (Wildman–Crippen LogP) is 1.42. The largest absolute Gasteiger partial charge is 0.394 e. The average molecular weight is 318 g/mol. The van der Waals surface area contributed by atoms with Gasteiger partial charge in [-0.3, -0.25) is 4.90 Å². The molecule has 2 N–H and O–H groups in total. The Bertz CT molecular complexity index is 349. The van der Waals surface area contributed by atoms with E-state index in [1.807, 2.05) is 36.2 Å². The quantitative estimate of drug-likeness (QED) is 0.712. The van der Waals surface area contributed by atoms with Crippen LogP contribution in [0.4, 0.5) is 0 Å². The molecular formula is C13H20BrNO3. The van der Waals surface area contributed by atoms with Crippen LogP contribution in [0.15, 0.2) is 28.7 Å². The van der Waals surface area contributed by atoms with E-state index in [0.717, 1.165) is 10.0 Å². The number of halogens is 1. The highest BCUT2D eigenvalue weighted by Gasteiger charge is 2.15. The van der Waals surface area contributed by atoms with Gasteiger partial charge in [0.25, 0.3) is 0 Å². The van der Waals surface area contributed by atoms with E-state index in [9.17, 15) is 5.11 Å². The van der Waals surface area contributed by atoms with Crippen molar-refractivity contribution in [3.05, 3.63) is 34.3 Å². The van der Waals surface area contributed by atoms with Crippen LogP contribution in [0.2, 0.25) is 0 Å². The molecule has 0 saturated heterocycles. The maximum absolute atomic E-state index is 9.51. The Labute approximate surface area is 116 Å². The molecule has 0 fully saturated rings. The second-order valence-electron chi connectivity index (χ2n) is 4.07. The van der Waals surface area contributed by atoms with Crippen LogP contribution in [0.25, 0.3) is 0 Å². The lowest BCUT2D eigenvalue weighted by Gasteiger charge is -2.26. The molecule has 0 aromatic heterocycles. The number of nitrogens with zero attached hydrogens (tertiary/aromatic N) is 1. The molecule has 0 heterocycles. The molecule has 1 aromatic carbocycles. The molecule has 0 spiro atoms. The van der Waals surface area contributed by atoms with Crippen molar-refractivity contribution in [2.45, 2.75) is 6.04 Å². The monoisotopic (exact) mass is 317 g/mol. The number of aliphatic hydroxyl groups is 2. The average Bonchev–Trinajstić information content (AvgIpc) is 2.36. The molecule has 1 aromatic rings. The van der Waals surface area contributed by atoms with Crippen molar-refractivity contribution in [1.82, 2.24) is 4.90 Å². The van der Waals surface area contributed by atoms with Gasteiger partial charge in [0.15, 0.2) is 0 Å². The fraction of sp³-hybridized carbons (Fsp3) is 0.538. The molecule has 0 aliphatic heterocycles. The molecule has 0 aliphatic carbocycles. The summed E-state index contributed by atoms with van der Waals surface area (Å²) in [7, 11) is 1.95. The first-order valence-electron chi connectivity index (χ1n) is 5.94. The zero-order valence-electron chi connectivity index (χ0n) is 10.6. The van der Waals surface area contributed by atoms with Crippen LogP contribution in [-0.2, 0) is 4.74 Å². The minimum Gasteiger partial charge on any atom is -0.394 e. The van der Waals surface area contributed by atoms with Gasteiger partial charge in [-0.05, 0) is 24.7 Å². The Balaban J connectivity index is 2.54. The van der Waals surface area contributed by atoms with Gasteiger partial charge in [0, 0.05) is 11.0 Å². The van der Waals surface area contributed by atoms with Crippen LogP contribution in [0.3, 0.4) is 0 Å². The minimum atomic E-state index is -0.0415. The zero-order chi connectivity index (χ0) is 13.4. The number of hydrogen-bond donors (Lipinski definition) is 2. The lowest BCUT2D eigenvalue weighted by atomic mass is 10.1. The summed E-state index contributed by atoms with van der Waals surface area (Å²) in [6, 6.07) is 7.88. The van der Waals surface area contributed by atoms with Crippen LogP contribution >= 0.6 is 15.9 Å². The maximum atomic E-state index is 9.51. The van der Waals surface area contributed by atoms with E-state index in [-0.39, 0.29) is 19.3 Å². The third-order valence-electron chi connectivity index (χ3n) is 2.76. The number of benzene rings is 1. The van der Waals surface area contributed by atoms with Crippen LogP contribution in [-0.4, -0.2) is 55.1 Å². The molecule has 1 atom stereocenters. The lowest BCUT2D eigenvalue weighted by molar-refractivity contribution is 0.0608. The number of likely N-dealkylation sites (N-methyl/N-ethyl adjacent to an activating group) is 1. The van der Waals surface area contributed by atoms with E-state index in [2.05, 4.69) is 15.9 Å². The molecule has 0 aliphatic rings. The first kappa shape index (κ1) is 15.6. The topological polar surface area (TPSA) is 52.9 Å². The summed E-state index contributed by atoms with van der Waals surface area (Å²) in [5.41, 5.74) is 1.07. The van der Waals surface area contributed by atoms with E-state index in [1.54, 1.807) is 0 Å². The van der Waals surface area contributed by atoms with Gasteiger partial charge in [-0.1, -0.05) is 28.1 Å². The molecule has 1 unspecified atom stereocenters. The van der Waals surface area contributed by atoms with Crippen LogP contribution < -0.4 is 0 Å². The molecule has 0 radical (unpaired) electrons. The fourth-order valence-electron chi connectivity index (χ4n) is 1.74. The Hall–Kier alpha value is -0.460. The summed E-state index contributed by atoms with van der Waals surface area (Å²) in [5.74, 6) is 0. The minimum absolute atomic E-state index is 0.0405. The number of aliphatic hydroxyl groups excluding tert-OH is 2. The van der Waals surface area contributed by atoms with Gasteiger partial charge >= 0.3 is 0 Å². The molecule has 102 valence electrons. The Kier molecular flexibility index (Phi) is 7.46. The summed E-state index contributed by atoms with van der Waals surface area (Å²) in [5, 5.41) is 18.1. The predicted molar refractivity (Wildman–Crippen MR) is 74.5 cm³/mol. The van der Waals surface area contributed by atoms with E-state index >= 15 is 0 Å². The number of hydrogen-bond acceptors (Lipinski definition) is 4. The van der Waals surface area contributed by atoms with Crippen molar-refractivity contribution in [3.63, 3.8) is 0 Å². The van der Waals surface area contributed by atoms with E-state index in [0.29, 0.717) is 19.8 Å². The highest BCUT2D eigenvalue weighted by Crippen LogP contribution is 2.22. The van der Waals surface area contributed by atoms with Gasteiger partial charge in [-0.25, -0.2) is 0 Å². The van der Waals surface area contributed by atoms with Gasteiger partial charge < -0.3 is 14.9 Å². The summed E-state index contributed by atoms with van der Waals surface area (Å²) in [6.45, 7) is 1.71. The number of rotatable bonds is 8. The second kappa shape index (κ2) is 8.61. The zero-order valence-corrected chi connectivity index (χ0v) is 12.1. The van der Waals surface area contributed by atoms with Crippen molar-refractivity contribution in [3.8, 4) is 0 Å². The molecule has 0 bridgehead atoms. The third kappa shape index (κ3) is 5.04. The van der Waals surface area contributed by atoms with Gasteiger partial charge in [0.2, 0.25) is 0 Å². The van der Waals surface area contributed by atoms with Gasteiger partial charge in [0.1, 0.15) is 0 Å². The summed E-state index contributed by atoms with van der Waals surface area (Å²) >= 11 is 3.43. The SMILES string of the molecule is CN(CCOCCO)C(CO)c1cccc(Br)c1.